The summed E-state index contributed by atoms with van der Waals surface area (Å²) >= 11 is 0. The number of rotatable bonds is 6. The van der Waals surface area contributed by atoms with E-state index in [-0.39, 0.29) is 12.3 Å². The number of carbonyl (C=O) groups excluding carboxylic acids is 1. The Hall–Kier alpha value is -3.36. The molecule has 1 atom stereocenters. The molecule has 25 heavy (non-hydrogen) atoms. The fourth-order valence-corrected chi connectivity index (χ4v) is 1.96. The zero-order valence-corrected chi connectivity index (χ0v) is 12.8. The highest BCUT2D eigenvalue weighted by molar-refractivity contribution is 5.69. The van der Waals surface area contributed by atoms with E-state index < -0.39 is 29.9 Å². The van der Waals surface area contributed by atoms with Gasteiger partial charge in [0.25, 0.3) is 0 Å². The molecule has 0 aliphatic rings. The first-order chi connectivity index (χ1) is 12.0. The number of hydrogen-bond donors (Lipinski definition) is 4. The van der Waals surface area contributed by atoms with Crippen LogP contribution in [-0.2, 0) is 4.74 Å². The molecule has 2 aromatic rings. The molecular formula is C16H15F2N3O4. The van der Waals surface area contributed by atoms with E-state index in [1.165, 1.54) is 0 Å². The number of carbonyl (C=O) groups is 2. The minimum absolute atomic E-state index is 0.151. The topological polar surface area (TPSA) is 99.7 Å². The number of amides is 2. The van der Waals surface area contributed by atoms with Gasteiger partial charge in [-0.05, 0) is 17.7 Å². The molecular weight excluding hydrogens is 336 g/mol. The van der Waals surface area contributed by atoms with Gasteiger partial charge in [-0.1, -0.05) is 30.3 Å². The molecule has 0 spiro atoms. The number of ether oxygens (including phenoxy) is 1. The second-order valence-electron chi connectivity index (χ2n) is 4.89. The summed E-state index contributed by atoms with van der Waals surface area (Å²) in [6.45, 7) is -0.282. The fraction of sp³-hybridized carbons (Fsp3) is 0.125. The van der Waals surface area contributed by atoms with Gasteiger partial charge in [-0.3, -0.25) is 5.43 Å². The molecule has 0 radical (unpaired) electrons. The van der Waals surface area contributed by atoms with Crippen molar-refractivity contribution >= 4 is 17.9 Å². The summed E-state index contributed by atoms with van der Waals surface area (Å²) < 4.78 is 31.1. The van der Waals surface area contributed by atoms with E-state index in [1.54, 1.807) is 30.3 Å². The summed E-state index contributed by atoms with van der Waals surface area (Å²) in [7, 11) is 0. The first kappa shape index (κ1) is 18.0. The second kappa shape index (κ2) is 8.48. The minimum Gasteiger partial charge on any atom is -0.465 e. The van der Waals surface area contributed by atoms with Crippen molar-refractivity contribution in [3.63, 3.8) is 0 Å². The van der Waals surface area contributed by atoms with E-state index in [0.29, 0.717) is 11.6 Å². The number of hydrazine groups is 1. The smallest absolute Gasteiger partial charge is 0.426 e. The molecule has 0 bridgehead atoms. The second-order valence-corrected chi connectivity index (χ2v) is 4.89. The number of anilines is 1. The van der Waals surface area contributed by atoms with Crippen molar-refractivity contribution in [2.75, 3.05) is 12.0 Å². The van der Waals surface area contributed by atoms with Gasteiger partial charge < -0.3 is 15.2 Å². The number of halogens is 2. The molecule has 0 saturated heterocycles. The third-order valence-electron chi connectivity index (χ3n) is 3.11. The zero-order valence-electron chi connectivity index (χ0n) is 12.8. The van der Waals surface area contributed by atoms with Gasteiger partial charge in [0.15, 0.2) is 5.82 Å². The summed E-state index contributed by atoms with van der Waals surface area (Å²) in [5, 5.41) is 11.1. The van der Waals surface area contributed by atoms with Crippen molar-refractivity contribution in [2.45, 2.75) is 6.04 Å². The molecule has 0 aliphatic carbocycles. The Morgan fingerprint density at radius 3 is 2.48 bits per heavy atom. The van der Waals surface area contributed by atoms with Gasteiger partial charge in [0.1, 0.15) is 12.4 Å². The molecule has 7 nitrogen and oxygen atoms in total. The molecule has 1 unspecified atom stereocenters. The molecule has 2 aromatic carbocycles. The Morgan fingerprint density at radius 2 is 1.84 bits per heavy atom. The maximum absolute atomic E-state index is 13.4. The largest absolute Gasteiger partial charge is 0.465 e. The van der Waals surface area contributed by atoms with Crippen LogP contribution in [0.3, 0.4) is 0 Å². The summed E-state index contributed by atoms with van der Waals surface area (Å²) in [6.07, 6.45) is -2.23. The molecule has 0 aliphatic heterocycles. The first-order valence-corrected chi connectivity index (χ1v) is 7.14. The SMILES string of the molecule is O=C(O)NC(COC(=O)NNc1ccc(F)cc1F)c1ccccc1. The monoisotopic (exact) mass is 351 g/mol. The summed E-state index contributed by atoms with van der Waals surface area (Å²) in [4.78, 5) is 22.5. The quantitative estimate of drug-likeness (QED) is 0.600. The van der Waals surface area contributed by atoms with Crippen molar-refractivity contribution in [2.24, 2.45) is 0 Å². The van der Waals surface area contributed by atoms with Crippen LogP contribution >= 0.6 is 0 Å². The van der Waals surface area contributed by atoms with Gasteiger partial charge in [0.05, 0.1) is 11.7 Å². The predicted octanol–water partition coefficient (Wildman–Crippen LogP) is 3.03. The fourth-order valence-electron chi connectivity index (χ4n) is 1.96. The van der Waals surface area contributed by atoms with E-state index in [1.807, 2.05) is 0 Å². The molecule has 2 rings (SSSR count). The predicted molar refractivity (Wildman–Crippen MR) is 84.8 cm³/mol. The lowest BCUT2D eigenvalue weighted by Gasteiger charge is -2.18. The van der Waals surface area contributed by atoms with E-state index in [9.17, 15) is 18.4 Å². The number of benzene rings is 2. The maximum Gasteiger partial charge on any atom is 0.426 e. The number of hydrogen-bond acceptors (Lipinski definition) is 4. The van der Waals surface area contributed by atoms with E-state index in [0.717, 1.165) is 12.1 Å². The Morgan fingerprint density at radius 1 is 1.12 bits per heavy atom. The molecule has 2 amide bonds. The van der Waals surface area contributed by atoms with Crippen molar-refractivity contribution in [3.8, 4) is 0 Å². The van der Waals surface area contributed by atoms with Crippen LogP contribution in [0.25, 0.3) is 0 Å². The van der Waals surface area contributed by atoms with Crippen LogP contribution in [0, 0.1) is 11.6 Å². The maximum atomic E-state index is 13.4. The highest BCUT2D eigenvalue weighted by atomic mass is 19.1. The van der Waals surface area contributed by atoms with Crippen LogP contribution in [0.5, 0.6) is 0 Å². The van der Waals surface area contributed by atoms with Crippen LogP contribution in [0.4, 0.5) is 24.1 Å². The van der Waals surface area contributed by atoms with Crippen molar-refractivity contribution in [1.29, 1.82) is 0 Å². The highest BCUT2D eigenvalue weighted by Gasteiger charge is 2.16. The molecule has 0 aromatic heterocycles. The van der Waals surface area contributed by atoms with Gasteiger partial charge in [0, 0.05) is 6.07 Å². The normalized spacial score (nSPS) is 11.3. The average molecular weight is 351 g/mol. The van der Waals surface area contributed by atoms with Gasteiger partial charge in [-0.2, -0.15) is 0 Å². The summed E-state index contributed by atoms with van der Waals surface area (Å²) in [6, 6.07) is 10.5. The Labute approximate surface area is 141 Å². The molecule has 0 saturated carbocycles. The zero-order chi connectivity index (χ0) is 18.2. The third-order valence-corrected chi connectivity index (χ3v) is 3.11. The summed E-state index contributed by atoms with van der Waals surface area (Å²) in [5.74, 6) is -1.65. The Bertz CT molecular complexity index is 743. The van der Waals surface area contributed by atoms with Crippen LogP contribution in [0.2, 0.25) is 0 Å². The lowest BCUT2D eigenvalue weighted by atomic mass is 10.1. The first-order valence-electron chi connectivity index (χ1n) is 7.14. The molecule has 9 heteroatoms. The number of carboxylic acid groups (broad SMARTS) is 1. The molecule has 132 valence electrons. The number of nitrogens with one attached hydrogen (secondary N) is 3. The Kier molecular flexibility index (Phi) is 6.10. The highest BCUT2D eigenvalue weighted by Crippen LogP contribution is 2.14. The van der Waals surface area contributed by atoms with Gasteiger partial charge in [0.2, 0.25) is 0 Å². The van der Waals surface area contributed by atoms with Crippen LogP contribution in [0.15, 0.2) is 48.5 Å². The standard InChI is InChI=1S/C16H15F2N3O4/c17-11-6-7-13(12(18)8-11)20-21-16(24)25-9-14(19-15(22)23)10-4-2-1-3-5-10/h1-8,14,19-20H,9H2,(H,21,24)(H,22,23). The molecule has 4 N–H and O–H groups in total. The van der Waals surface area contributed by atoms with E-state index in [2.05, 4.69) is 16.2 Å². The van der Waals surface area contributed by atoms with Gasteiger partial charge >= 0.3 is 12.2 Å². The van der Waals surface area contributed by atoms with Crippen LogP contribution in [0.1, 0.15) is 11.6 Å². The van der Waals surface area contributed by atoms with E-state index in [4.69, 9.17) is 9.84 Å². The average Bonchev–Trinajstić information content (AvgIpc) is 2.58. The molecule has 0 fully saturated rings. The van der Waals surface area contributed by atoms with E-state index >= 15 is 0 Å². The van der Waals surface area contributed by atoms with Crippen LogP contribution in [-0.4, -0.2) is 23.9 Å². The van der Waals surface area contributed by atoms with Gasteiger partial charge in [-0.25, -0.2) is 23.8 Å². The lowest BCUT2D eigenvalue weighted by Crippen LogP contribution is -2.35. The third kappa shape index (κ3) is 5.65. The van der Waals surface area contributed by atoms with Crippen molar-refractivity contribution in [1.82, 2.24) is 10.7 Å². The minimum atomic E-state index is -1.27. The molecule has 0 heterocycles. The summed E-state index contributed by atoms with van der Waals surface area (Å²) in [5.41, 5.74) is 4.77. The van der Waals surface area contributed by atoms with Gasteiger partial charge in [-0.15, -0.1) is 0 Å². The van der Waals surface area contributed by atoms with Crippen molar-refractivity contribution < 1.29 is 28.2 Å². The lowest BCUT2D eigenvalue weighted by molar-refractivity contribution is 0.131. The van der Waals surface area contributed by atoms with Crippen molar-refractivity contribution in [3.05, 3.63) is 65.7 Å². The Balaban J connectivity index is 1.89. The van der Waals surface area contributed by atoms with Crippen LogP contribution < -0.4 is 16.2 Å².